The van der Waals surface area contributed by atoms with Crippen LogP contribution in [0.4, 0.5) is 0 Å². The molecule has 0 aliphatic rings. The minimum Gasteiger partial charge on any atom is -0.497 e. The highest BCUT2D eigenvalue weighted by atomic mass is 16.5. The smallest absolute Gasteiger partial charge is 0.258 e. The van der Waals surface area contributed by atoms with Gasteiger partial charge in [-0.05, 0) is 36.8 Å². The number of ether oxygens (including phenoxy) is 1. The molecule has 0 saturated carbocycles. The number of aryl methyl sites for hydroxylation is 1. The highest BCUT2D eigenvalue weighted by Gasteiger charge is 2.24. The van der Waals surface area contributed by atoms with Gasteiger partial charge in [-0.25, -0.2) is 0 Å². The summed E-state index contributed by atoms with van der Waals surface area (Å²) in [6, 6.07) is 9.09. The van der Waals surface area contributed by atoms with Crippen LogP contribution in [-0.2, 0) is 6.54 Å². The fourth-order valence-corrected chi connectivity index (χ4v) is 2.84. The molecule has 25 heavy (non-hydrogen) atoms. The van der Waals surface area contributed by atoms with Crippen molar-refractivity contribution >= 4 is 16.9 Å². The van der Waals surface area contributed by atoms with Crippen LogP contribution in [0, 0.1) is 6.92 Å². The molecule has 0 fully saturated rings. The maximum Gasteiger partial charge on any atom is 0.258 e. The SMILES string of the molecule is COc1ccc2oc(C)c(C(=O)N(CCO)Cc3cccnc3)c2c1. The zero-order chi connectivity index (χ0) is 17.8. The van der Waals surface area contributed by atoms with E-state index in [1.165, 1.54) is 0 Å². The Kier molecular flexibility index (Phi) is 5.00. The highest BCUT2D eigenvalue weighted by Crippen LogP contribution is 2.30. The summed E-state index contributed by atoms with van der Waals surface area (Å²) in [6.45, 7) is 2.23. The van der Waals surface area contributed by atoms with Crippen LogP contribution in [0.5, 0.6) is 5.75 Å². The minimum atomic E-state index is -0.192. The van der Waals surface area contributed by atoms with E-state index in [9.17, 15) is 9.90 Å². The molecule has 0 bridgehead atoms. The Morgan fingerprint density at radius 2 is 2.20 bits per heavy atom. The first-order valence-electron chi connectivity index (χ1n) is 8.00. The van der Waals surface area contributed by atoms with Crippen molar-refractivity contribution in [3.8, 4) is 5.75 Å². The first kappa shape index (κ1) is 17.0. The normalized spacial score (nSPS) is 10.8. The van der Waals surface area contributed by atoms with Crippen LogP contribution < -0.4 is 4.74 Å². The number of furan rings is 1. The number of rotatable bonds is 6. The van der Waals surface area contributed by atoms with Crippen LogP contribution >= 0.6 is 0 Å². The zero-order valence-electron chi connectivity index (χ0n) is 14.2. The average molecular weight is 340 g/mol. The summed E-state index contributed by atoms with van der Waals surface area (Å²) in [4.78, 5) is 18.8. The Bertz CT molecular complexity index is 874. The number of carbonyl (C=O) groups excluding carboxylic acids is 1. The van der Waals surface area contributed by atoms with E-state index < -0.39 is 0 Å². The van der Waals surface area contributed by atoms with Crippen LogP contribution in [-0.4, -0.2) is 41.2 Å². The lowest BCUT2D eigenvalue weighted by Crippen LogP contribution is -2.33. The van der Waals surface area contributed by atoms with Crippen molar-refractivity contribution in [1.82, 2.24) is 9.88 Å². The number of carbonyl (C=O) groups is 1. The molecule has 2 aromatic heterocycles. The molecule has 0 aliphatic heterocycles. The molecule has 0 spiro atoms. The molecule has 6 nitrogen and oxygen atoms in total. The molecule has 0 aliphatic carbocycles. The Balaban J connectivity index is 1.99. The number of pyridine rings is 1. The lowest BCUT2D eigenvalue weighted by molar-refractivity contribution is 0.0707. The van der Waals surface area contributed by atoms with E-state index in [1.54, 1.807) is 49.5 Å². The third-order valence-electron chi connectivity index (χ3n) is 4.04. The molecule has 3 rings (SSSR count). The highest BCUT2D eigenvalue weighted by molar-refractivity contribution is 6.07. The van der Waals surface area contributed by atoms with E-state index in [2.05, 4.69) is 4.98 Å². The van der Waals surface area contributed by atoms with Crippen LogP contribution in [0.1, 0.15) is 21.7 Å². The number of aromatic nitrogens is 1. The summed E-state index contributed by atoms with van der Waals surface area (Å²) >= 11 is 0. The maximum atomic E-state index is 13.1. The van der Waals surface area contributed by atoms with Crippen molar-refractivity contribution in [2.45, 2.75) is 13.5 Å². The van der Waals surface area contributed by atoms with Crippen LogP contribution in [0.15, 0.2) is 47.1 Å². The van der Waals surface area contributed by atoms with Gasteiger partial charge in [0.25, 0.3) is 5.91 Å². The predicted octanol–water partition coefficient (Wildman–Crippen LogP) is 2.78. The molecule has 130 valence electrons. The lowest BCUT2D eigenvalue weighted by Gasteiger charge is -2.21. The molecule has 0 radical (unpaired) electrons. The van der Waals surface area contributed by atoms with Gasteiger partial charge in [0.1, 0.15) is 17.1 Å². The number of nitrogens with zero attached hydrogens (tertiary/aromatic N) is 2. The van der Waals surface area contributed by atoms with Crippen LogP contribution in [0.2, 0.25) is 0 Å². The number of benzene rings is 1. The molecule has 1 N–H and O–H groups in total. The fraction of sp³-hybridized carbons (Fsp3) is 0.263. The first-order valence-corrected chi connectivity index (χ1v) is 8.00. The van der Waals surface area contributed by atoms with E-state index in [-0.39, 0.29) is 19.1 Å². The van der Waals surface area contributed by atoms with E-state index in [1.807, 2.05) is 12.1 Å². The number of fused-ring (bicyclic) bond motifs is 1. The molecule has 2 heterocycles. The molecule has 3 aromatic rings. The Labute approximate surface area is 145 Å². The Morgan fingerprint density at radius 3 is 2.88 bits per heavy atom. The topological polar surface area (TPSA) is 75.8 Å². The number of hydrogen-bond donors (Lipinski definition) is 1. The molecular weight excluding hydrogens is 320 g/mol. The van der Waals surface area contributed by atoms with E-state index in [0.29, 0.717) is 34.6 Å². The monoisotopic (exact) mass is 340 g/mol. The molecule has 1 aromatic carbocycles. The third kappa shape index (κ3) is 3.49. The van der Waals surface area contributed by atoms with Crippen molar-refractivity contribution < 1.29 is 19.1 Å². The standard InChI is InChI=1S/C19H20N2O4/c1-13-18(16-10-15(24-2)5-6-17(16)25-13)19(23)21(8-9-22)12-14-4-3-7-20-11-14/h3-7,10-11,22H,8-9,12H2,1-2H3. The number of methoxy groups -OCH3 is 1. The second-order valence-corrected chi connectivity index (χ2v) is 5.71. The van der Waals surface area contributed by atoms with Gasteiger partial charge in [-0.3, -0.25) is 9.78 Å². The van der Waals surface area contributed by atoms with Crippen molar-refractivity contribution in [2.75, 3.05) is 20.3 Å². The molecule has 1 amide bonds. The van der Waals surface area contributed by atoms with Crippen molar-refractivity contribution in [2.24, 2.45) is 0 Å². The van der Waals surface area contributed by atoms with Crippen LogP contribution in [0.3, 0.4) is 0 Å². The van der Waals surface area contributed by atoms with E-state index in [0.717, 1.165) is 5.56 Å². The van der Waals surface area contributed by atoms with Crippen molar-refractivity contribution in [3.63, 3.8) is 0 Å². The third-order valence-corrected chi connectivity index (χ3v) is 4.04. The van der Waals surface area contributed by atoms with Gasteiger partial charge in [-0.1, -0.05) is 6.07 Å². The molecule has 0 saturated heterocycles. The second kappa shape index (κ2) is 7.36. The maximum absolute atomic E-state index is 13.1. The summed E-state index contributed by atoms with van der Waals surface area (Å²) in [5.74, 6) is 1.01. The van der Waals surface area contributed by atoms with Crippen molar-refractivity contribution in [3.05, 3.63) is 59.6 Å². The fourth-order valence-electron chi connectivity index (χ4n) is 2.84. The van der Waals surface area contributed by atoms with Gasteiger partial charge in [0, 0.05) is 30.9 Å². The van der Waals surface area contributed by atoms with E-state index >= 15 is 0 Å². The van der Waals surface area contributed by atoms with Crippen LogP contribution in [0.25, 0.3) is 11.0 Å². The summed E-state index contributed by atoms with van der Waals surface area (Å²) in [5, 5.41) is 10.1. The average Bonchev–Trinajstić information content (AvgIpc) is 2.96. The number of aliphatic hydroxyl groups excluding tert-OH is 1. The zero-order valence-corrected chi connectivity index (χ0v) is 14.2. The quantitative estimate of drug-likeness (QED) is 0.747. The number of aliphatic hydroxyl groups is 1. The molecule has 0 unspecified atom stereocenters. The van der Waals surface area contributed by atoms with Gasteiger partial charge < -0.3 is 19.2 Å². The van der Waals surface area contributed by atoms with Gasteiger partial charge in [-0.2, -0.15) is 0 Å². The predicted molar refractivity (Wildman–Crippen MR) is 93.6 cm³/mol. The van der Waals surface area contributed by atoms with Gasteiger partial charge in [0.05, 0.1) is 19.3 Å². The van der Waals surface area contributed by atoms with Gasteiger partial charge in [0.2, 0.25) is 0 Å². The largest absolute Gasteiger partial charge is 0.497 e. The summed E-state index contributed by atoms with van der Waals surface area (Å²) in [6.07, 6.45) is 3.39. The second-order valence-electron chi connectivity index (χ2n) is 5.71. The Hall–Kier alpha value is -2.86. The summed E-state index contributed by atoms with van der Waals surface area (Å²) < 4.78 is 11.0. The van der Waals surface area contributed by atoms with Gasteiger partial charge in [0.15, 0.2) is 0 Å². The Morgan fingerprint density at radius 1 is 1.36 bits per heavy atom. The number of amides is 1. The summed E-state index contributed by atoms with van der Waals surface area (Å²) in [7, 11) is 1.58. The minimum absolute atomic E-state index is 0.121. The number of hydrogen-bond acceptors (Lipinski definition) is 5. The van der Waals surface area contributed by atoms with E-state index in [4.69, 9.17) is 9.15 Å². The van der Waals surface area contributed by atoms with Gasteiger partial charge >= 0.3 is 0 Å². The van der Waals surface area contributed by atoms with Crippen molar-refractivity contribution in [1.29, 1.82) is 0 Å². The molecular formula is C19H20N2O4. The first-order chi connectivity index (χ1) is 12.1. The lowest BCUT2D eigenvalue weighted by atomic mass is 10.1. The molecule has 0 atom stereocenters. The summed E-state index contributed by atoms with van der Waals surface area (Å²) in [5.41, 5.74) is 2.02. The molecule has 6 heteroatoms. The van der Waals surface area contributed by atoms with Gasteiger partial charge in [-0.15, -0.1) is 0 Å².